The highest BCUT2D eigenvalue weighted by Crippen LogP contribution is 2.31. The Hall–Kier alpha value is -4.01. The monoisotopic (exact) mass is 393 g/mol. The number of rotatable bonds is 7. The van der Waals surface area contributed by atoms with Gasteiger partial charge in [-0.1, -0.05) is 36.4 Å². The van der Waals surface area contributed by atoms with Crippen LogP contribution in [0, 0.1) is 17.0 Å². The molecule has 3 rings (SSSR count). The summed E-state index contributed by atoms with van der Waals surface area (Å²) in [6.45, 7) is 1.78. The molecule has 0 bridgehead atoms. The van der Waals surface area contributed by atoms with Crippen LogP contribution in [-0.4, -0.2) is 33.2 Å². The first-order chi connectivity index (χ1) is 14.0. The number of hydrogen-bond acceptors (Lipinski definition) is 7. The van der Waals surface area contributed by atoms with Crippen molar-refractivity contribution in [1.29, 1.82) is 0 Å². The van der Waals surface area contributed by atoms with Crippen molar-refractivity contribution >= 4 is 23.4 Å². The van der Waals surface area contributed by atoms with Crippen LogP contribution in [0.3, 0.4) is 0 Å². The van der Waals surface area contributed by atoms with Gasteiger partial charge in [0.05, 0.1) is 12.0 Å². The van der Waals surface area contributed by atoms with Crippen LogP contribution in [0.25, 0.3) is 6.08 Å². The molecule has 0 aliphatic carbocycles. The second kappa shape index (κ2) is 8.79. The van der Waals surface area contributed by atoms with Crippen molar-refractivity contribution in [3.63, 3.8) is 0 Å². The Labute approximate surface area is 166 Å². The van der Waals surface area contributed by atoms with E-state index in [9.17, 15) is 14.9 Å². The molecule has 0 aliphatic heterocycles. The van der Waals surface area contributed by atoms with Crippen LogP contribution in [0.15, 0.2) is 54.6 Å². The Bertz CT molecular complexity index is 1050. The molecule has 0 fully saturated rings. The molecule has 1 aromatic heterocycles. The van der Waals surface area contributed by atoms with Crippen molar-refractivity contribution in [2.45, 2.75) is 13.0 Å². The number of H-pyrrole nitrogens is 1. The lowest BCUT2D eigenvalue weighted by Gasteiger charge is -2.18. The Morgan fingerprint density at radius 3 is 2.66 bits per heavy atom. The van der Waals surface area contributed by atoms with Gasteiger partial charge in [0.15, 0.2) is 5.82 Å². The number of carbonyl (C=O) groups is 1. The molecule has 0 radical (unpaired) electrons. The maximum Gasteiger partial charge on any atom is 0.330 e. The first-order valence-corrected chi connectivity index (χ1v) is 8.73. The number of aromatic nitrogens is 3. The van der Waals surface area contributed by atoms with Crippen LogP contribution in [0.5, 0.6) is 0 Å². The topological polar surface area (TPSA) is 123 Å². The first-order valence-electron chi connectivity index (χ1n) is 8.73. The van der Waals surface area contributed by atoms with Crippen LogP contribution in [0.1, 0.15) is 28.8 Å². The number of nitrogens with zero attached hydrogens (tertiary/aromatic N) is 3. The third kappa shape index (κ3) is 4.83. The van der Waals surface area contributed by atoms with Crippen LogP contribution in [0.4, 0.5) is 11.4 Å². The number of carbonyl (C=O) groups excluding carboxylic acids is 1. The van der Waals surface area contributed by atoms with Crippen LogP contribution < -0.4 is 5.32 Å². The molecule has 3 aromatic rings. The molecular weight excluding hydrogens is 374 g/mol. The number of aryl methyl sites for hydroxylation is 1. The number of nitrogens with one attached hydrogen (secondary N) is 2. The number of ether oxygens (including phenoxy) is 1. The minimum absolute atomic E-state index is 0.134. The van der Waals surface area contributed by atoms with Gasteiger partial charge in [0.25, 0.3) is 5.69 Å². The minimum atomic E-state index is -0.543. The molecule has 29 heavy (non-hydrogen) atoms. The van der Waals surface area contributed by atoms with E-state index in [1.807, 2.05) is 30.3 Å². The molecule has 1 heterocycles. The van der Waals surface area contributed by atoms with E-state index in [1.54, 1.807) is 19.1 Å². The zero-order valence-corrected chi connectivity index (χ0v) is 15.8. The van der Waals surface area contributed by atoms with Gasteiger partial charge in [0.2, 0.25) is 0 Å². The van der Waals surface area contributed by atoms with Crippen molar-refractivity contribution in [3.05, 3.63) is 87.5 Å². The van der Waals surface area contributed by atoms with Gasteiger partial charge in [0, 0.05) is 12.1 Å². The molecule has 1 atom stereocenters. The minimum Gasteiger partial charge on any atom is -0.466 e. The zero-order valence-electron chi connectivity index (χ0n) is 15.8. The summed E-state index contributed by atoms with van der Waals surface area (Å²) in [5.74, 6) is 0.567. The fraction of sp³-hybridized carbons (Fsp3) is 0.150. The predicted molar refractivity (Wildman–Crippen MR) is 107 cm³/mol. The summed E-state index contributed by atoms with van der Waals surface area (Å²) in [6, 6.07) is 13.6. The highest BCUT2D eigenvalue weighted by atomic mass is 16.6. The quantitative estimate of drug-likeness (QED) is 0.273. The lowest BCUT2D eigenvalue weighted by molar-refractivity contribution is -0.384. The lowest BCUT2D eigenvalue weighted by atomic mass is 10.1. The number of hydrogen-bond donors (Lipinski definition) is 2. The Kier molecular flexibility index (Phi) is 5.98. The Morgan fingerprint density at radius 1 is 1.28 bits per heavy atom. The Balaban J connectivity index is 1.98. The van der Waals surface area contributed by atoms with Crippen LogP contribution >= 0.6 is 0 Å². The highest BCUT2D eigenvalue weighted by Gasteiger charge is 2.23. The van der Waals surface area contributed by atoms with E-state index in [0.717, 1.165) is 5.56 Å². The smallest absolute Gasteiger partial charge is 0.330 e. The average molecular weight is 393 g/mol. The summed E-state index contributed by atoms with van der Waals surface area (Å²) in [5.41, 5.74) is 1.53. The second-order valence-electron chi connectivity index (χ2n) is 6.16. The van der Waals surface area contributed by atoms with E-state index in [0.29, 0.717) is 22.9 Å². The second-order valence-corrected chi connectivity index (χ2v) is 6.16. The van der Waals surface area contributed by atoms with Gasteiger partial charge in [-0.2, -0.15) is 5.10 Å². The van der Waals surface area contributed by atoms with E-state index in [1.165, 1.54) is 25.3 Å². The van der Waals surface area contributed by atoms with E-state index in [2.05, 4.69) is 25.2 Å². The molecule has 9 heteroatoms. The van der Waals surface area contributed by atoms with E-state index in [-0.39, 0.29) is 5.69 Å². The van der Waals surface area contributed by atoms with Gasteiger partial charge in [-0.3, -0.25) is 15.2 Å². The number of aromatic amines is 1. The summed E-state index contributed by atoms with van der Waals surface area (Å²) in [4.78, 5) is 26.8. The molecular formula is C20H19N5O4. The standard InChI is InChI=1S/C20H19N5O4/c1-13-21-20(24-23-13)19(15-6-4-3-5-7-15)22-16-10-8-14(9-11-18(26)29-2)12-17(16)25(27)28/h3-12,19,22H,1-2H3,(H,21,23,24). The number of nitro groups is 1. The van der Waals surface area contributed by atoms with E-state index < -0.39 is 16.9 Å². The largest absolute Gasteiger partial charge is 0.466 e. The van der Waals surface area contributed by atoms with Crippen molar-refractivity contribution in [2.75, 3.05) is 12.4 Å². The maximum atomic E-state index is 11.6. The number of anilines is 1. The third-order valence-corrected chi connectivity index (χ3v) is 4.14. The van der Waals surface area contributed by atoms with Crippen LogP contribution in [-0.2, 0) is 9.53 Å². The molecule has 2 aromatic carbocycles. The van der Waals surface area contributed by atoms with Gasteiger partial charge < -0.3 is 10.1 Å². The highest BCUT2D eigenvalue weighted by molar-refractivity contribution is 5.87. The summed E-state index contributed by atoms with van der Waals surface area (Å²) in [6.07, 6.45) is 2.66. The maximum absolute atomic E-state index is 11.6. The molecule has 0 saturated carbocycles. The number of benzene rings is 2. The summed E-state index contributed by atoms with van der Waals surface area (Å²) >= 11 is 0. The van der Waals surface area contributed by atoms with Crippen LogP contribution in [0.2, 0.25) is 0 Å². The molecule has 0 saturated heterocycles. The number of esters is 1. The van der Waals surface area contributed by atoms with Gasteiger partial charge >= 0.3 is 5.97 Å². The van der Waals surface area contributed by atoms with Gasteiger partial charge in [-0.15, -0.1) is 0 Å². The number of methoxy groups -OCH3 is 1. The average Bonchev–Trinajstić information content (AvgIpc) is 3.17. The number of nitro benzene ring substituents is 1. The summed E-state index contributed by atoms with van der Waals surface area (Å²) in [5, 5.41) is 21.8. The molecule has 1 unspecified atom stereocenters. The predicted octanol–water partition coefficient (Wildman–Crippen LogP) is 3.41. The Morgan fingerprint density at radius 2 is 2.03 bits per heavy atom. The molecule has 2 N–H and O–H groups in total. The van der Waals surface area contributed by atoms with Crippen molar-refractivity contribution in [2.24, 2.45) is 0 Å². The van der Waals surface area contributed by atoms with E-state index >= 15 is 0 Å². The summed E-state index contributed by atoms with van der Waals surface area (Å²) in [7, 11) is 1.26. The molecule has 0 aliphatic rings. The normalized spacial score (nSPS) is 11.9. The van der Waals surface area contributed by atoms with Gasteiger partial charge in [0.1, 0.15) is 17.6 Å². The zero-order chi connectivity index (χ0) is 20.8. The van der Waals surface area contributed by atoms with Gasteiger partial charge in [-0.25, -0.2) is 9.78 Å². The molecule has 0 amide bonds. The fourth-order valence-corrected chi connectivity index (χ4v) is 2.74. The lowest BCUT2D eigenvalue weighted by Crippen LogP contribution is -2.15. The third-order valence-electron chi connectivity index (χ3n) is 4.14. The van der Waals surface area contributed by atoms with E-state index in [4.69, 9.17) is 0 Å². The molecule has 148 valence electrons. The summed E-state index contributed by atoms with van der Waals surface area (Å²) < 4.78 is 4.54. The first kappa shape index (κ1) is 19.7. The molecule has 9 nitrogen and oxygen atoms in total. The molecule has 0 spiro atoms. The fourth-order valence-electron chi connectivity index (χ4n) is 2.74. The van der Waals surface area contributed by atoms with Gasteiger partial charge in [-0.05, 0) is 30.2 Å². The SMILES string of the molecule is COC(=O)C=Cc1ccc(NC(c2ccccc2)c2n[nH]c(C)n2)c([N+](=O)[O-])c1. The van der Waals surface area contributed by atoms with Crippen molar-refractivity contribution in [1.82, 2.24) is 15.2 Å². The van der Waals surface area contributed by atoms with Crippen molar-refractivity contribution in [3.8, 4) is 0 Å². The van der Waals surface area contributed by atoms with Crippen molar-refractivity contribution < 1.29 is 14.5 Å².